The molecule has 2 aliphatic heterocycles. The average molecular weight is 477 g/mol. The van der Waals surface area contributed by atoms with E-state index in [9.17, 15) is 20.1 Å². The summed E-state index contributed by atoms with van der Waals surface area (Å²) in [7, 11) is 0. The van der Waals surface area contributed by atoms with E-state index in [4.69, 9.17) is 15.5 Å². The molecular formula is C24H24N6O3S. The monoisotopic (exact) mass is 476 g/mol. The lowest BCUT2D eigenvalue weighted by Gasteiger charge is -2.38. The van der Waals surface area contributed by atoms with Crippen molar-refractivity contribution >= 4 is 29.6 Å². The van der Waals surface area contributed by atoms with Crippen LogP contribution in [0.15, 0.2) is 35.4 Å². The number of hydrogen-bond donors (Lipinski definition) is 2. The summed E-state index contributed by atoms with van der Waals surface area (Å²) in [5.41, 5.74) is 7.29. The largest absolute Gasteiger partial charge is 0.447 e. The third kappa shape index (κ3) is 4.37. The molecule has 2 aromatic rings. The molecule has 9 nitrogen and oxygen atoms in total. The number of nitrogens with two attached hydrogens (primary N) is 1. The number of cyclic esters (lactones) is 1. The molecule has 2 fully saturated rings. The van der Waals surface area contributed by atoms with E-state index < -0.39 is 22.8 Å². The molecule has 0 saturated carbocycles. The van der Waals surface area contributed by atoms with Crippen molar-refractivity contribution < 1.29 is 14.3 Å². The van der Waals surface area contributed by atoms with Gasteiger partial charge in [-0.25, -0.2) is 9.78 Å². The number of aromatic nitrogens is 1. The Labute approximate surface area is 201 Å². The molecule has 2 aliphatic rings. The number of carbonyl (C=O) groups excluding carboxylic acids is 2. The fraction of sp³-hybridized carbons (Fsp3) is 0.375. The Morgan fingerprint density at radius 2 is 1.94 bits per heavy atom. The minimum atomic E-state index is -0.734. The van der Waals surface area contributed by atoms with E-state index in [-0.39, 0.29) is 0 Å². The van der Waals surface area contributed by atoms with Crippen LogP contribution in [0.25, 0.3) is 0 Å². The first-order chi connectivity index (χ1) is 16.4. The zero-order chi connectivity index (χ0) is 24.3. The van der Waals surface area contributed by atoms with Crippen molar-refractivity contribution in [3.05, 3.63) is 52.6 Å². The van der Waals surface area contributed by atoms with Gasteiger partial charge in [0, 0.05) is 13.1 Å². The van der Waals surface area contributed by atoms with Gasteiger partial charge in [0.2, 0.25) is 5.91 Å². The number of benzene rings is 1. The lowest BCUT2D eigenvalue weighted by molar-refractivity contribution is -0.117. The Balaban J connectivity index is 1.72. The second kappa shape index (κ2) is 9.62. The van der Waals surface area contributed by atoms with E-state index in [1.807, 2.05) is 42.2 Å². The van der Waals surface area contributed by atoms with Crippen LogP contribution in [0.2, 0.25) is 0 Å². The number of amides is 2. The topological polar surface area (TPSA) is 145 Å². The van der Waals surface area contributed by atoms with Crippen LogP contribution in [-0.4, -0.2) is 42.2 Å². The molecule has 1 spiro atoms. The number of anilines is 1. The van der Waals surface area contributed by atoms with Gasteiger partial charge in [0.1, 0.15) is 34.8 Å². The number of primary amides is 1. The Morgan fingerprint density at radius 1 is 1.26 bits per heavy atom. The third-order valence-corrected chi connectivity index (χ3v) is 7.54. The highest BCUT2D eigenvalue weighted by atomic mass is 32.2. The highest BCUT2D eigenvalue weighted by Gasteiger charge is 2.42. The molecule has 10 heteroatoms. The number of hydrogen-bond acceptors (Lipinski definition) is 8. The lowest BCUT2D eigenvalue weighted by atomic mass is 9.88. The number of thioether (sulfide) groups is 1. The maximum Gasteiger partial charge on any atom is 0.407 e. The molecule has 0 radical (unpaired) electrons. The van der Waals surface area contributed by atoms with Gasteiger partial charge in [-0.3, -0.25) is 4.79 Å². The van der Waals surface area contributed by atoms with E-state index >= 15 is 0 Å². The summed E-state index contributed by atoms with van der Waals surface area (Å²) in [6.45, 7) is 3.32. The van der Waals surface area contributed by atoms with Gasteiger partial charge in [0.25, 0.3) is 0 Å². The van der Waals surface area contributed by atoms with Crippen molar-refractivity contribution in [3.63, 3.8) is 0 Å². The van der Waals surface area contributed by atoms with Crippen LogP contribution in [0.1, 0.15) is 47.3 Å². The Hall–Kier alpha value is -3.76. The first-order valence-corrected chi connectivity index (χ1v) is 11.9. The summed E-state index contributed by atoms with van der Waals surface area (Å²) < 4.78 is 5.11. The molecule has 0 aliphatic carbocycles. The molecule has 4 rings (SSSR count). The van der Waals surface area contributed by atoms with Crippen molar-refractivity contribution in [2.75, 3.05) is 24.6 Å². The number of nitrogens with one attached hydrogen (secondary N) is 1. The minimum Gasteiger partial charge on any atom is -0.447 e. The maximum atomic E-state index is 12.3. The molecule has 2 amide bonds. The molecule has 1 unspecified atom stereocenters. The summed E-state index contributed by atoms with van der Waals surface area (Å²) in [6.07, 6.45) is 1.34. The Morgan fingerprint density at radius 3 is 2.47 bits per heavy atom. The quantitative estimate of drug-likeness (QED) is 0.605. The highest BCUT2D eigenvalue weighted by molar-refractivity contribution is 8.00. The van der Waals surface area contributed by atoms with Crippen LogP contribution in [0.4, 0.5) is 10.6 Å². The number of pyridine rings is 1. The van der Waals surface area contributed by atoms with Crippen LogP contribution in [0.3, 0.4) is 0 Å². The van der Waals surface area contributed by atoms with Gasteiger partial charge in [-0.15, -0.1) is 0 Å². The van der Waals surface area contributed by atoms with E-state index in [1.54, 1.807) is 0 Å². The van der Waals surface area contributed by atoms with Gasteiger partial charge in [-0.2, -0.15) is 10.5 Å². The highest BCUT2D eigenvalue weighted by Crippen LogP contribution is 2.40. The molecule has 0 bridgehead atoms. The summed E-state index contributed by atoms with van der Waals surface area (Å²) in [5.74, 6) is -0.0556. The average Bonchev–Trinajstić information content (AvgIpc) is 3.21. The van der Waals surface area contributed by atoms with Crippen molar-refractivity contribution in [1.82, 2.24) is 10.3 Å². The van der Waals surface area contributed by atoms with Gasteiger partial charge in [0.15, 0.2) is 0 Å². The number of rotatable bonds is 6. The smallest absolute Gasteiger partial charge is 0.407 e. The van der Waals surface area contributed by atoms with Crippen LogP contribution < -0.4 is 16.0 Å². The fourth-order valence-electron chi connectivity index (χ4n) is 4.44. The predicted molar refractivity (Wildman–Crippen MR) is 126 cm³/mol. The number of carbonyl (C=O) groups is 2. The van der Waals surface area contributed by atoms with Crippen LogP contribution in [-0.2, 0) is 16.0 Å². The molecule has 34 heavy (non-hydrogen) atoms. The van der Waals surface area contributed by atoms with E-state index in [2.05, 4.69) is 17.5 Å². The van der Waals surface area contributed by atoms with Gasteiger partial charge in [-0.05, 0) is 30.4 Å². The first-order valence-electron chi connectivity index (χ1n) is 11.0. The maximum absolute atomic E-state index is 12.3. The third-order valence-electron chi connectivity index (χ3n) is 6.28. The summed E-state index contributed by atoms with van der Waals surface area (Å²) in [6, 6.07) is 13.5. The minimum absolute atomic E-state index is 0.292. The predicted octanol–water partition coefficient (Wildman–Crippen LogP) is 2.78. The molecule has 3 N–H and O–H groups in total. The van der Waals surface area contributed by atoms with E-state index in [0.29, 0.717) is 72.1 Å². The molecule has 1 aromatic carbocycles. The van der Waals surface area contributed by atoms with Crippen molar-refractivity contribution in [1.29, 1.82) is 10.5 Å². The molecule has 3 heterocycles. The van der Waals surface area contributed by atoms with Gasteiger partial charge in [-0.1, -0.05) is 49.0 Å². The van der Waals surface area contributed by atoms with E-state index in [1.165, 1.54) is 0 Å². The molecule has 1 aromatic heterocycles. The molecular weight excluding hydrogens is 452 g/mol. The molecule has 2 saturated heterocycles. The van der Waals surface area contributed by atoms with Crippen molar-refractivity contribution in [2.24, 2.45) is 5.73 Å². The summed E-state index contributed by atoms with van der Waals surface area (Å²) >= 11 is 1.13. The van der Waals surface area contributed by atoms with Crippen molar-refractivity contribution in [3.8, 4) is 12.1 Å². The zero-order valence-electron chi connectivity index (χ0n) is 18.7. The van der Waals surface area contributed by atoms with E-state index in [0.717, 1.165) is 11.8 Å². The number of alkyl carbamates (subject to hydrolysis) is 1. The summed E-state index contributed by atoms with van der Waals surface area (Å²) in [4.78, 5) is 30.6. The SMILES string of the molecule is CCc1c(C#N)c(SC(C(N)=O)c2ccccc2)nc(N2CCC3(CC2)COC(=O)N3)c1C#N. The zero-order valence-corrected chi connectivity index (χ0v) is 19.5. The molecule has 174 valence electrons. The Bertz CT molecular complexity index is 1200. The van der Waals surface area contributed by atoms with Crippen molar-refractivity contribution in [2.45, 2.75) is 42.0 Å². The second-order valence-electron chi connectivity index (χ2n) is 8.33. The fourth-order valence-corrected chi connectivity index (χ4v) is 5.49. The van der Waals surface area contributed by atoms with Gasteiger partial charge < -0.3 is 20.7 Å². The number of nitrogens with zero attached hydrogens (tertiary/aromatic N) is 4. The lowest BCUT2D eigenvalue weighted by Crippen LogP contribution is -2.52. The van der Waals surface area contributed by atoms with Crippen LogP contribution in [0.5, 0.6) is 0 Å². The summed E-state index contributed by atoms with van der Waals surface area (Å²) in [5, 5.41) is 22.5. The normalized spacial score (nSPS) is 17.4. The first kappa shape index (κ1) is 23.4. The number of piperidine rings is 1. The second-order valence-corrected chi connectivity index (χ2v) is 9.42. The standard InChI is InChI=1S/C24H24N6O3S/c1-2-16-17(12-25)21(30-10-8-24(9-11-30)14-33-23(32)29-24)28-22(18(16)13-26)34-19(20(27)31)15-6-4-3-5-7-15/h3-7,19H,2,8-11,14H2,1H3,(H2,27,31)(H,29,32). The van der Waals surface area contributed by atoms with Gasteiger partial charge in [0.05, 0.1) is 16.7 Å². The van der Waals surface area contributed by atoms with Gasteiger partial charge >= 0.3 is 6.09 Å². The Kier molecular flexibility index (Phi) is 6.62. The molecule has 1 atom stereocenters. The van der Waals surface area contributed by atoms with Crippen LogP contribution in [0, 0.1) is 22.7 Å². The number of nitriles is 2. The van der Waals surface area contributed by atoms with Crippen LogP contribution >= 0.6 is 11.8 Å². The number of ether oxygens (including phenoxy) is 1.